The van der Waals surface area contributed by atoms with Crippen LogP contribution in [-0.4, -0.2) is 24.9 Å². The number of esters is 1. The van der Waals surface area contributed by atoms with E-state index in [0.29, 0.717) is 17.1 Å². The Balaban J connectivity index is 2.25. The lowest BCUT2D eigenvalue weighted by molar-refractivity contribution is 0.0599. The van der Waals surface area contributed by atoms with Gasteiger partial charge < -0.3 is 14.2 Å². The highest BCUT2D eigenvalue weighted by Crippen LogP contribution is 2.36. The molecule has 2 aromatic rings. The minimum Gasteiger partial charge on any atom is -0.465 e. The molecule has 0 atom stereocenters. The van der Waals surface area contributed by atoms with E-state index in [2.05, 4.69) is 4.98 Å². The summed E-state index contributed by atoms with van der Waals surface area (Å²) in [5.74, 6) is 0.967. The highest BCUT2D eigenvalue weighted by atomic mass is 16.7. The van der Waals surface area contributed by atoms with Crippen molar-refractivity contribution in [1.82, 2.24) is 4.98 Å². The average molecular weight is 245 g/mol. The van der Waals surface area contributed by atoms with Crippen molar-refractivity contribution < 1.29 is 19.0 Å². The standard InChI is InChI=1S/C13H11NO4/c1-7-8-3-11-12(18-6-17-11)4-10(8)14-5-9(7)13(15)16-2/h3-5H,6H2,1-2H3. The number of methoxy groups -OCH3 is 1. The number of hydrogen-bond acceptors (Lipinski definition) is 5. The first-order chi connectivity index (χ1) is 8.70. The second kappa shape index (κ2) is 3.87. The molecule has 1 aromatic carbocycles. The van der Waals surface area contributed by atoms with Gasteiger partial charge in [-0.05, 0) is 18.6 Å². The zero-order valence-corrected chi connectivity index (χ0v) is 10.0. The lowest BCUT2D eigenvalue weighted by Gasteiger charge is -2.07. The van der Waals surface area contributed by atoms with Crippen LogP contribution in [0.25, 0.3) is 10.9 Å². The maximum Gasteiger partial charge on any atom is 0.339 e. The Morgan fingerprint density at radius 3 is 2.78 bits per heavy atom. The van der Waals surface area contributed by atoms with Crippen LogP contribution in [0.15, 0.2) is 18.3 Å². The number of benzene rings is 1. The van der Waals surface area contributed by atoms with Crippen LogP contribution in [-0.2, 0) is 4.74 Å². The van der Waals surface area contributed by atoms with Gasteiger partial charge in [-0.1, -0.05) is 0 Å². The molecule has 0 fully saturated rings. The van der Waals surface area contributed by atoms with Gasteiger partial charge in [0.2, 0.25) is 6.79 Å². The maximum atomic E-state index is 11.6. The fourth-order valence-corrected chi connectivity index (χ4v) is 2.03. The van der Waals surface area contributed by atoms with Crippen molar-refractivity contribution in [2.75, 3.05) is 13.9 Å². The SMILES string of the molecule is COC(=O)c1cnc2cc3c(cc2c1C)OCO3. The number of pyridine rings is 1. The van der Waals surface area contributed by atoms with E-state index in [9.17, 15) is 4.79 Å². The molecule has 5 heteroatoms. The normalized spacial score (nSPS) is 12.8. The predicted octanol–water partition coefficient (Wildman–Crippen LogP) is 2.06. The summed E-state index contributed by atoms with van der Waals surface area (Å²) in [6.07, 6.45) is 1.52. The van der Waals surface area contributed by atoms with Crippen molar-refractivity contribution in [2.45, 2.75) is 6.92 Å². The topological polar surface area (TPSA) is 57.7 Å². The third-order valence-electron chi connectivity index (χ3n) is 3.04. The predicted molar refractivity (Wildman–Crippen MR) is 63.9 cm³/mol. The Bertz CT molecular complexity index is 651. The van der Waals surface area contributed by atoms with Crippen LogP contribution < -0.4 is 9.47 Å². The van der Waals surface area contributed by atoms with E-state index in [4.69, 9.17) is 14.2 Å². The van der Waals surface area contributed by atoms with Gasteiger partial charge in [-0.25, -0.2) is 4.79 Å². The molecule has 2 heterocycles. The zero-order chi connectivity index (χ0) is 12.7. The molecule has 92 valence electrons. The number of ether oxygens (including phenoxy) is 3. The Morgan fingerprint density at radius 2 is 2.06 bits per heavy atom. The van der Waals surface area contributed by atoms with Gasteiger partial charge in [0, 0.05) is 17.6 Å². The first kappa shape index (κ1) is 10.8. The minimum absolute atomic E-state index is 0.217. The number of carbonyl (C=O) groups excluding carboxylic acids is 1. The Kier molecular flexibility index (Phi) is 2.33. The molecule has 5 nitrogen and oxygen atoms in total. The number of fused-ring (bicyclic) bond motifs is 2. The molecule has 1 aliphatic heterocycles. The smallest absolute Gasteiger partial charge is 0.339 e. The summed E-state index contributed by atoms with van der Waals surface area (Å²) < 4.78 is 15.3. The molecule has 0 radical (unpaired) electrons. The van der Waals surface area contributed by atoms with Crippen LogP contribution in [0.5, 0.6) is 11.5 Å². The lowest BCUT2D eigenvalue weighted by Crippen LogP contribution is -2.05. The fraction of sp³-hybridized carbons (Fsp3) is 0.231. The largest absolute Gasteiger partial charge is 0.465 e. The molecular formula is C13H11NO4. The number of aryl methyl sites for hydroxylation is 1. The maximum absolute atomic E-state index is 11.6. The molecule has 3 rings (SSSR count). The van der Waals surface area contributed by atoms with Gasteiger partial charge in [0.1, 0.15) is 0 Å². The summed E-state index contributed by atoms with van der Waals surface area (Å²) in [4.78, 5) is 15.8. The molecular weight excluding hydrogens is 234 g/mol. The summed E-state index contributed by atoms with van der Waals surface area (Å²) in [5.41, 5.74) is 2.05. The van der Waals surface area contributed by atoms with Gasteiger partial charge in [-0.2, -0.15) is 0 Å². The van der Waals surface area contributed by atoms with E-state index in [1.165, 1.54) is 13.3 Å². The fourth-order valence-electron chi connectivity index (χ4n) is 2.03. The Labute approximate surface area is 103 Å². The zero-order valence-electron chi connectivity index (χ0n) is 10.0. The molecule has 0 aliphatic carbocycles. The number of nitrogens with zero attached hydrogens (tertiary/aromatic N) is 1. The Morgan fingerprint density at radius 1 is 1.33 bits per heavy atom. The first-order valence-corrected chi connectivity index (χ1v) is 5.48. The highest BCUT2D eigenvalue weighted by molar-refractivity contribution is 5.97. The molecule has 0 N–H and O–H groups in total. The number of carbonyl (C=O) groups is 1. The lowest BCUT2D eigenvalue weighted by atomic mass is 10.0. The second-order valence-electron chi connectivity index (χ2n) is 4.01. The Hall–Kier alpha value is -2.30. The summed E-state index contributed by atoms with van der Waals surface area (Å²) >= 11 is 0. The first-order valence-electron chi connectivity index (χ1n) is 5.48. The van der Waals surface area contributed by atoms with Crippen molar-refractivity contribution in [1.29, 1.82) is 0 Å². The quantitative estimate of drug-likeness (QED) is 0.720. The van der Waals surface area contributed by atoms with Crippen molar-refractivity contribution in [2.24, 2.45) is 0 Å². The summed E-state index contributed by atoms with van der Waals surface area (Å²) in [7, 11) is 1.35. The van der Waals surface area contributed by atoms with Gasteiger partial charge in [0.15, 0.2) is 11.5 Å². The van der Waals surface area contributed by atoms with E-state index in [0.717, 1.165) is 16.5 Å². The molecule has 0 spiro atoms. The van der Waals surface area contributed by atoms with Crippen molar-refractivity contribution in [3.8, 4) is 11.5 Å². The molecule has 1 aliphatic rings. The summed E-state index contributed by atoms with van der Waals surface area (Å²) in [5, 5.41) is 0.863. The molecule has 0 saturated heterocycles. The third-order valence-corrected chi connectivity index (χ3v) is 3.04. The minimum atomic E-state index is -0.389. The van der Waals surface area contributed by atoms with Gasteiger partial charge >= 0.3 is 5.97 Å². The monoisotopic (exact) mass is 245 g/mol. The van der Waals surface area contributed by atoms with Gasteiger partial charge in [0.25, 0.3) is 0 Å². The molecule has 18 heavy (non-hydrogen) atoms. The summed E-state index contributed by atoms with van der Waals surface area (Å²) in [6.45, 7) is 2.08. The highest BCUT2D eigenvalue weighted by Gasteiger charge is 2.18. The van der Waals surface area contributed by atoms with E-state index >= 15 is 0 Å². The second-order valence-corrected chi connectivity index (χ2v) is 4.01. The van der Waals surface area contributed by atoms with Gasteiger partial charge in [-0.15, -0.1) is 0 Å². The van der Waals surface area contributed by atoms with Crippen molar-refractivity contribution in [3.05, 3.63) is 29.5 Å². The van der Waals surface area contributed by atoms with E-state index < -0.39 is 0 Å². The van der Waals surface area contributed by atoms with Crippen LogP contribution in [0.4, 0.5) is 0 Å². The van der Waals surface area contributed by atoms with E-state index in [1.807, 2.05) is 19.1 Å². The summed E-state index contributed by atoms with van der Waals surface area (Å²) in [6, 6.07) is 3.65. The third kappa shape index (κ3) is 1.48. The molecule has 0 amide bonds. The van der Waals surface area contributed by atoms with Crippen LogP contribution in [0.1, 0.15) is 15.9 Å². The molecule has 0 unspecified atom stereocenters. The van der Waals surface area contributed by atoms with Gasteiger partial charge in [0.05, 0.1) is 18.2 Å². The molecule has 0 saturated carbocycles. The average Bonchev–Trinajstić information content (AvgIpc) is 2.83. The van der Waals surface area contributed by atoms with Crippen molar-refractivity contribution >= 4 is 16.9 Å². The molecule has 1 aromatic heterocycles. The van der Waals surface area contributed by atoms with Crippen LogP contribution in [0.3, 0.4) is 0 Å². The number of hydrogen-bond donors (Lipinski definition) is 0. The van der Waals surface area contributed by atoms with Crippen molar-refractivity contribution in [3.63, 3.8) is 0 Å². The number of aromatic nitrogens is 1. The van der Waals surface area contributed by atoms with E-state index in [-0.39, 0.29) is 12.8 Å². The van der Waals surface area contributed by atoms with Gasteiger partial charge in [-0.3, -0.25) is 4.98 Å². The van der Waals surface area contributed by atoms with E-state index in [1.54, 1.807) is 0 Å². The van der Waals surface area contributed by atoms with Crippen LogP contribution in [0, 0.1) is 6.92 Å². The van der Waals surface area contributed by atoms with Crippen LogP contribution >= 0.6 is 0 Å². The molecule has 0 bridgehead atoms. The van der Waals surface area contributed by atoms with Crippen LogP contribution in [0.2, 0.25) is 0 Å². The number of rotatable bonds is 1.